The van der Waals surface area contributed by atoms with Crippen LogP contribution in [0.3, 0.4) is 0 Å². The quantitative estimate of drug-likeness (QED) is 0.710. The van der Waals surface area contributed by atoms with Gasteiger partial charge in [0.25, 0.3) is 0 Å². The Balaban J connectivity index is 3.73. The lowest BCUT2D eigenvalue weighted by Gasteiger charge is -2.07. The Morgan fingerprint density at radius 2 is 1.64 bits per heavy atom. The molecule has 86 valence electrons. The average molecular weight is 221 g/mol. The van der Waals surface area contributed by atoms with E-state index in [0.717, 1.165) is 12.8 Å². The normalized spacial score (nSPS) is 14.6. The highest BCUT2D eigenvalue weighted by molar-refractivity contribution is 7.91. The zero-order chi connectivity index (χ0) is 11.2. The molecule has 1 atom stereocenters. The van der Waals surface area contributed by atoms with Crippen molar-refractivity contribution in [2.24, 2.45) is 11.7 Å². The predicted octanol–water partition coefficient (Wildman–Crippen LogP) is 1.57. The lowest BCUT2D eigenvalue weighted by molar-refractivity contribution is 0.566. The smallest absolute Gasteiger partial charge is 0.150 e. The minimum atomic E-state index is -2.83. The highest BCUT2D eigenvalue weighted by Gasteiger charge is 2.11. The molecule has 2 N–H and O–H groups in total. The van der Waals surface area contributed by atoms with Gasteiger partial charge in [-0.1, -0.05) is 13.8 Å². The van der Waals surface area contributed by atoms with Crippen molar-refractivity contribution in [1.82, 2.24) is 0 Å². The van der Waals surface area contributed by atoms with E-state index in [1.807, 2.05) is 20.8 Å². The molecule has 0 aliphatic carbocycles. The van der Waals surface area contributed by atoms with E-state index in [9.17, 15) is 8.42 Å². The second-order valence-corrected chi connectivity index (χ2v) is 6.76. The van der Waals surface area contributed by atoms with Gasteiger partial charge in [0.1, 0.15) is 9.84 Å². The van der Waals surface area contributed by atoms with Crippen LogP contribution in [0.4, 0.5) is 0 Å². The van der Waals surface area contributed by atoms with E-state index in [1.165, 1.54) is 0 Å². The summed E-state index contributed by atoms with van der Waals surface area (Å²) in [5.74, 6) is 1.07. The van der Waals surface area contributed by atoms with Crippen LogP contribution in [0.2, 0.25) is 0 Å². The molecule has 0 amide bonds. The maximum Gasteiger partial charge on any atom is 0.150 e. The van der Waals surface area contributed by atoms with Crippen LogP contribution in [0.1, 0.15) is 40.0 Å². The first-order valence-corrected chi connectivity index (χ1v) is 7.11. The molecular weight excluding hydrogens is 198 g/mol. The van der Waals surface area contributed by atoms with Gasteiger partial charge in [0.2, 0.25) is 0 Å². The van der Waals surface area contributed by atoms with Gasteiger partial charge in [-0.25, -0.2) is 8.42 Å². The first-order chi connectivity index (χ1) is 6.33. The molecule has 0 fully saturated rings. The summed E-state index contributed by atoms with van der Waals surface area (Å²) in [5.41, 5.74) is 5.55. The van der Waals surface area contributed by atoms with Gasteiger partial charge in [-0.05, 0) is 32.1 Å². The first-order valence-electron chi connectivity index (χ1n) is 5.29. The Morgan fingerprint density at radius 1 is 1.07 bits per heavy atom. The lowest BCUT2D eigenvalue weighted by atomic mass is 10.2. The Kier molecular flexibility index (Phi) is 6.36. The van der Waals surface area contributed by atoms with Gasteiger partial charge >= 0.3 is 0 Å². The predicted molar refractivity (Wildman–Crippen MR) is 61.0 cm³/mol. The zero-order valence-electron chi connectivity index (χ0n) is 9.49. The second kappa shape index (κ2) is 6.40. The van der Waals surface area contributed by atoms with E-state index in [1.54, 1.807) is 0 Å². The van der Waals surface area contributed by atoms with Gasteiger partial charge in [-0.2, -0.15) is 0 Å². The fraction of sp³-hybridized carbons (Fsp3) is 1.00. The summed E-state index contributed by atoms with van der Waals surface area (Å²) in [7, 11) is -2.83. The van der Waals surface area contributed by atoms with Crippen molar-refractivity contribution in [3.63, 3.8) is 0 Å². The van der Waals surface area contributed by atoms with E-state index in [2.05, 4.69) is 0 Å². The van der Waals surface area contributed by atoms with Crippen molar-refractivity contribution in [3.8, 4) is 0 Å². The zero-order valence-corrected chi connectivity index (χ0v) is 10.3. The van der Waals surface area contributed by atoms with E-state index in [4.69, 9.17) is 5.73 Å². The van der Waals surface area contributed by atoms with Crippen molar-refractivity contribution < 1.29 is 8.42 Å². The molecule has 0 aromatic rings. The van der Waals surface area contributed by atoms with E-state index >= 15 is 0 Å². The number of hydrogen-bond acceptors (Lipinski definition) is 3. The molecule has 0 radical (unpaired) electrons. The third-order valence-electron chi connectivity index (χ3n) is 2.12. The summed E-state index contributed by atoms with van der Waals surface area (Å²) in [6, 6.07) is 0.107. The molecule has 0 aromatic heterocycles. The van der Waals surface area contributed by atoms with E-state index in [-0.39, 0.29) is 6.04 Å². The molecular formula is C10H23NO2S. The van der Waals surface area contributed by atoms with Gasteiger partial charge in [-0.15, -0.1) is 0 Å². The van der Waals surface area contributed by atoms with Crippen LogP contribution < -0.4 is 5.73 Å². The van der Waals surface area contributed by atoms with Crippen molar-refractivity contribution in [1.29, 1.82) is 0 Å². The van der Waals surface area contributed by atoms with Crippen LogP contribution in [-0.2, 0) is 9.84 Å². The van der Waals surface area contributed by atoms with E-state index < -0.39 is 9.84 Å². The minimum absolute atomic E-state index is 0.107. The van der Waals surface area contributed by atoms with Gasteiger partial charge in [0, 0.05) is 6.04 Å². The molecule has 0 saturated heterocycles. The summed E-state index contributed by atoms with van der Waals surface area (Å²) < 4.78 is 23.0. The van der Waals surface area contributed by atoms with E-state index in [0.29, 0.717) is 23.8 Å². The average Bonchev–Trinajstić information content (AvgIpc) is 2.00. The molecule has 4 heteroatoms. The minimum Gasteiger partial charge on any atom is -0.328 e. The first kappa shape index (κ1) is 13.9. The SMILES string of the molecule is CC(C)CCS(=O)(=O)CCCC(C)N. The molecule has 3 nitrogen and oxygen atoms in total. The van der Waals surface area contributed by atoms with Crippen LogP contribution in [0.15, 0.2) is 0 Å². The molecule has 1 unspecified atom stereocenters. The Bertz CT molecular complexity index is 233. The molecule has 0 rings (SSSR count). The molecule has 0 spiro atoms. The van der Waals surface area contributed by atoms with Gasteiger partial charge in [0.15, 0.2) is 0 Å². The Morgan fingerprint density at radius 3 is 2.07 bits per heavy atom. The van der Waals surface area contributed by atoms with Crippen LogP contribution >= 0.6 is 0 Å². The topological polar surface area (TPSA) is 60.2 Å². The molecule has 0 aliphatic rings. The van der Waals surface area contributed by atoms with Crippen molar-refractivity contribution in [3.05, 3.63) is 0 Å². The highest BCUT2D eigenvalue weighted by atomic mass is 32.2. The van der Waals surface area contributed by atoms with Gasteiger partial charge in [-0.3, -0.25) is 0 Å². The standard InChI is InChI=1S/C10H23NO2S/c1-9(2)6-8-14(12,13)7-4-5-10(3)11/h9-10H,4-8,11H2,1-3H3. The molecule has 0 aromatic carbocycles. The second-order valence-electron chi connectivity index (χ2n) is 4.45. The summed E-state index contributed by atoms with van der Waals surface area (Å²) in [5, 5.41) is 0. The van der Waals surface area contributed by atoms with Crippen molar-refractivity contribution >= 4 is 9.84 Å². The van der Waals surface area contributed by atoms with Crippen molar-refractivity contribution in [2.75, 3.05) is 11.5 Å². The Hall–Kier alpha value is -0.0900. The summed E-state index contributed by atoms with van der Waals surface area (Å²) in [6.45, 7) is 5.98. The number of rotatable bonds is 7. The number of nitrogens with two attached hydrogens (primary N) is 1. The largest absolute Gasteiger partial charge is 0.328 e. The maximum atomic E-state index is 11.5. The van der Waals surface area contributed by atoms with Gasteiger partial charge < -0.3 is 5.73 Å². The van der Waals surface area contributed by atoms with Crippen LogP contribution in [0, 0.1) is 5.92 Å². The lowest BCUT2D eigenvalue weighted by Crippen LogP contribution is -2.18. The number of sulfone groups is 1. The third-order valence-corrected chi connectivity index (χ3v) is 3.89. The van der Waals surface area contributed by atoms with Gasteiger partial charge in [0.05, 0.1) is 11.5 Å². The molecule has 0 bridgehead atoms. The molecule has 0 heterocycles. The van der Waals surface area contributed by atoms with Crippen LogP contribution in [0.25, 0.3) is 0 Å². The van der Waals surface area contributed by atoms with Crippen LogP contribution in [-0.4, -0.2) is 26.0 Å². The highest BCUT2D eigenvalue weighted by Crippen LogP contribution is 2.06. The Labute approximate surface area is 88.0 Å². The fourth-order valence-corrected chi connectivity index (χ4v) is 2.78. The molecule has 0 saturated carbocycles. The number of hydrogen-bond donors (Lipinski definition) is 1. The molecule has 14 heavy (non-hydrogen) atoms. The van der Waals surface area contributed by atoms with Crippen LogP contribution in [0.5, 0.6) is 0 Å². The maximum absolute atomic E-state index is 11.5. The molecule has 0 aliphatic heterocycles. The third kappa shape index (κ3) is 8.51. The summed E-state index contributed by atoms with van der Waals surface area (Å²) >= 11 is 0. The van der Waals surface area contributed by atoms with Crippen molar-refractivity contribution in [2.45, 2.75) is 46.1 Å². The summed E-state index contributed by atoms with van der Waals surface area (Å²) in [6.07, 6.45) is 2.25. The summed E-state index contributed by atoms with van der Waals surface area (Å²) in [4.78, 5) is 0. The fourth-order valence-electron chi connectivity index (χ4n) is 1.14. The monoisotopic (exact) mass is 221 g/mol.